The maximum Gasteiger partial charge on any atom is 0.257 e. The Morgan fingerprint density at radius 3 is 2.92 bits per heavy atom. The predicted octanol–water partition coefficient (Wildman–Crippen LogP) is 3.44. The lowest BCUT2D eigenvalue weighted by Gasteiger charge is -2.11. The molecule has 1 N–H and O–H groups in total. The van der Waals surface area contributed by atoms with Gasteiger partial charge in [0.25, 0.3) is 5.91 Å². The second kappa shape index (κ2) is 7.49. The quantitative estimate of drug-likeness (QED) is 0.764. The highest BCUT2D eigenvalue weighted by Crippen LogP contribution is 2.21. The summed E-state index contributed by atoms with van der Waals surface area (Å²) < 4.78 is 11.1. The van der Waals surface area contributed by atoms with Crippen molar-refractivity contribution in [3.8, 4) is 5.88 Å². The normalized spacial score (nSPS) is 16.5. The van der Waals surface area contributed by atoms with Crippen LogP contribution in [0.4, 0.5) is 5.69 Å². The van der Waals surface area contributed by atoms with E-state index in [1.54, 1.807) is 18.3 Å². The first-order chi connectivity index (χ1) is 12.8. The summed E-state index contributed by atoms with van der Waals surface area (Å²) in [5, 5.41) is 3.87. The molecule has 0 bridgehead atoms. The first-order valence-electron chi connectivity index (χ1n) is 8.65. The maximum atomic E-state index is 12.5. The topological polar surface area (TPSA) is 73.3 Å². The average molecular weight is 349 g/mol. The van der Waals surface area contributed by atoms with Crippen molar-refractivity contribution >= 4 is 22.5 Å². The minimum absolute atomic E-state index is 0.138. The number of para-hydroxylation sites is 1. The van der Waals surface area contributed by atoms with Crippen LogP contribution in [0.15, 0.2) is 54.9 Å². The number of carbonyl (C=O) groups is 1. The molecule has 1 amide bonds. The second-order valence-electron chi connectivity index (χ2n) is 6.17. The number of benzene rings is 1. The summed E-state index contributed by atoms with van der Waals surface area (Å²) in [6.45, 7) is 1.28. The number of nitrogens with one attached hydrogen (secondary N) is 1. The van der Waals surface area contributed by atoms with Gasteiger partial charge in [-0.15, -0.1) is 0 Å². The molecule has 26 heavy (non-hydrogen) atoms. The molecule has 6 heteroatoms. The summed E-state index contributed by atoms with van der Waals surface area (Å²) in [5.41, 5.74) is 1.89. The number of amides is 1. The number of carbonyl (C=O) groups excluding carboxylic acids is 1. The number of ether oxygens (including phenoxy) is 2. The van der Waals surface area contributed by atoms with Gasteiger partial charge < -0.3 is 14.8 Å². The van der Waals surface area contributed by atoms with Crippen molar-refractivity contribution in [3.05, 3.63) is 60.4 Å². The average Bonchev–Trinajstić information content (AvgIpc) is 3.21. The molecule has 0 aliphatic carbocycles. The van der Waals surface area contributed by atoms with E-state index >= 15 is 0 Å². The van der Waals surface area contributed by atoms with Crippen LogP contribution >= 0.6 is 0 Å². The van der Waals surface area contributed by atoms with Gasteiger partial charge in [0.1, 0.15) is 6.61 Å². The van der Waals surface area contributed by atoms with Crippen LogP contribution in [0.3, 0.4) is 0 Å². The summed E-state index contributed by atoms with van der Waals surface area (Å²) in [4.78, 5) is 21.0. The predicted molar refractivity (Wildman–Crippen MR) is 98.4 cm³/mol. The molecule has 0 saturated carbocycles. The molecule has 0 unspecified atom stereocenters. The molecule has 1 aliphatic heterocycles. The van der Waals surface area contributed by atoms with E-state index in [0.717, 1.165) is 30.4 Å². The van der Waals surface area contributed by atoms with E-state index in [4.69, 9.17) is 9.47 Å². The minimum atomic E-state index is -0.235. The Bertz CT molecular complexity index is 900. The molecule has 1 atom stereocenters. The molecule has 1 fully saturated rings. The van der Waals surface area contributed by atoms with Crippen LogP contribution in [-0.4, -0.2) is 35.2 Å². The largest absolute Gasteiger partial charge is 0.475 e. The number of hydrogen-bond acceptors (Lipinski definition) is 5. The second-order valence-corrected chi connectivity index (χ2v) is 6.17. The summed E-state index contributed by atoms with van der Waals surface area (Å²) >= 11 is 0. The molecular weight excluding hydrogens is 330 g/mol. The molecule has 6 nitrogen and oxygen atoms in total. The monoisotopic (exact) mass is 349 g/mol. The van der Waals surface area contributed by atoms with Gasteiger partial charge >= 0.3 is 0 Å². The van der Waals surface area contributed by atoms with Gasteiger partial charge in [-0.05, 0) is 31.0 Å². The van der Waals surface area contributed by atoms with Crippen LogP contribution in [0.1, 0.15) is 23.2 Å². The molecular formula is C20H19N3O3. The van der Waals surface area contributed by atoms with E-state index in [1.165, 1.54) is 6.20 Å². The fourth-order valence-electron chi connectivity index (χ4n) is 2.95. The van der Waals surface area contributed by atoms with Crippen molar-refractivity contribution in [2.24, 2.45) is 0 Å². The summed E-state index contributed by atoms with van der Waals surface area (Å²) in [7, 11) is 0. The van der Waals surface area contributed by atoms with Gasteiger partial charge in [-0.1, -0.05) is 18.2 Å². The van der Waals surface area contributed by atoms with Gasteiger partial charge in [-0.25, -0.2) is 4.98 Å². The molecule has 3 aromatic rings. The lowest BCUT2D eigenvalue weighted by molar-refractivity contribution is 0.0663. The highest BCUT2D eigenvalue weighted by atomic mass is 16.5. The molecule has 4 rings (SSSR count). The Morgan fingerprint density at radius 1 is 1.19 bits per heavy atom. The van der Waals surface area contributed by atoms with Gasteiger partial charge in [0.2, 0.25) is 5.88 Å². The number of hydrogen-bond donors (Lipinski definition) is 1. The summed E-state index contributed by atoms with van der Waals surface area (Å²) in [5.74, 6) is 0.255. The lowest BCUT2D eigenvalue weighted by Crippen LogP contribution is -2.17. The number of rotatable bonds is 5. The molecule has 1 aliphatic rings. The first kappa shape index (κ1) is 16.5. The van der Waals surface area contributed by atoms with E-state index in [1.807, 2.05) is 30.3 Å². The first-order valence-corrected chi connectivity index (χ1v) is 8.65. The molecule has 132 valence electrons. The van der Waals surface area contributed by atoms with Gasteiger partial charge in [-0.3, -0.25) is 9.78 Å². The van der Waals surface area contributed by atoms with Crippen LogP contribution in [0.2, 0.25) is 0 Å². The lowest BCUT2D eigenvalue weighted by atomic mass is 10.2. The van der Waals surface area contributed by atoms with Crippen LogP contribution < -0.4 is 10.1 Å². The number of pyridine rings is 2. The van der Waals surface area contributed by atoms with E-state index in [2.05, 4.69) is 15.3 Å². The van der Waals surface area contributed by atoms with Crippen molar-refractivity contribution in [1.29, 1.82) is 0 Å². The smallest absolute Gasteiger partial charge is 0.257 e. The third kappa shape index (κ3) is 3.65. The third-order valence-corrected chi connectivity index (χ3v) is 4.32. The van der Waals surface area contributed by atoms with E-state index < -0.39 is 0 Å². The Labute approximate surface area is 151 Å². The summed E-state index contributed by atoms with van der Waals surface area (Å²) in [6.07, 6.45) is 5.44. The Morgan fingerprint density at radius 2 is 2.12 bits per heavy atom. The Balaban J connectivity index is 1.42. The number of aromatic nitrogens is 2. The molecule has 0 spiro atoms. The zero-order valence-electron chi connectivity index (χ0n) is 14.2. The van der Waals surface area contributed by atoms with E-state index in [9.17, 15) is 4.79 Å². The van der Waals surface area contributed by atoms with Gasteiger partial charge in [0, 0.05) is 30.5 Å². The zero-order chi connectivity index (χ0) is 17.8. The minimum Gasteiger partial charge on any atom is -0.475 e. The summed E-state index contributed by atoms with van der Waals surface area (Å²) in [6, 6.07) is 12.9. The van der Waals surface area contributed by atoms with E-state index in [-0.39, 0.29) is 12.0 Å². The molecule has 0 radical (unpaired) electrons. The maximum absolute atomic E-state index is 12.5. The molecule has 3 heterocycles. The van der Waals surface area contributed by atoms with Crippen molar-refractivity contribution in [3.63, 3.8) is 0 Å². The SMILES string of the molecule is O=C(Nc1cccc2cccnc12)c1ccc(OC[C@@H]2CCCO2)nc1. The van der Waals surface area contributed by atoms with Crippen LogP contribution in [-0.2, 0) is 4.74 Å². The van der Waals surface area contributed by atoms with Crippen molar-refractivity contribution in [1.82, 2.24) is 9.97 Å². The van der Waals surface area contributed by atoms with Crippen LogP contribution in [0, 0.1) is 0 Å². The van der Waals surface area contributed by atoms with Crippen LogP contribution in [0.5, 0.6) is 5.88 Å². The van der Waals surface area contributed by atoms with Gasteiger partial charge in [0.15, 0.2) is 0 Å². The molecule has 1 saturated heterocycles. The fraction of sp³-hybridized carbons (Fsp3) is 0.250. The van der Waals surface area contributed by atoms with Gasteiger partial charge in [-0.2, -0.15) is 0 Å². The van der Waals surface area contributed by atoms with Crippen molar-refractivity contribution in [2.45, 2.75) is 18.9 Å². The van der Waals surface area contributed by atoms with Crippen LogP contribution in [0.25, 0.3) is 10.9 Å². The Kier molecular flexibility index (Phi) is 4.75. The molecule has 2 aromatic heterocycles. The standard InChI is InChI=1S/C20H19N3O3/c24-20(23-17-7-1-4-14-5-2-10-21-19(14)17)15-8-9-18(22-12-15)26-13-16-6-3-11-25-16/h1-2,4-5,7-10,12,16H,3,6,11,13H2,(H,23,24)/t16-/m0/s1. The van der Waals surface area contributed by atoms with Crippen molar-refractivity contribution in [2.75, 3.05) is 18.5 Å². The highest BCUT2D eigenvalue weighted by molar-refractivity contribution is 6.08. The van der Waals surface area contributed by atoms with Gasteiger partial charge in [0.05, 0.1) is 22.9 Å². The van der Waals surface area contributed by atoms with E-state index in [0.29, 0.717) is 23.7 Å². The Hall–Kier alpha value is -2.99. The third-order valence-electron chi connectivity index (χ3n) is 4.32. The fourth-order valence-corrected chi connectivity index (χ4v) is 2.95. The number of fused-ring (bicyclic) bond motifs is 1. The number of nitrogens with zero attached hydrogens (tertiary/aromatic N) is 2. The highest BCUT2D eigenvalue weighted by Gasteiger charge is 2.16. The zero-order valence-corrected chi connectivity index (χ0v) is 14.2. The van der Waals surface area contributed by atoms with Crippen molar-refractivity contribution < 1.29 is 14.3 Å². The number of anilines is 1. The molecule has 1 aromatic carbocycles.